The van der Waals surface area contributed by atoms with Crippen molar-refractivity contribution in [2.24, 2.45) is 0 Å². The second-order valence-corrected chi connectivity index (χ2v) is 4.67. The topological polar surface area (TPSA) is 46.2 Å². The van der Waals surface area contributed by atoms with Crippen molar-refractivity contribution in [1.82, 2.24) is 5.32 Å². The molecule has 0 radical (unpaired) electrons. The number of benzene rings is 2. The maximum Gasteiger partial charge on any atom is 0.239 e. The van der Waals surface area contributed by atoms with Gasteiger partial charge in [-0.1, -0.05) is 60.7 Å². The molecule has 0 aromatic heterocycles. The maximum atomic E-state index is 12.4. The minimum Gasteiger partial charge on any atom is -0.322 e. The smallest absolute Gasteiger partial charge is 0.239 e. The summed E-state index contributed by atoms with van der Waals surface area (Å²) in [4.78, 5) is 24.4. The molecule has 1 aliphatic heterocycles. The number of amides is 1. The number of hydrogen-bond acceptors (Lipinski definition) is 2. The third kappa shape index (κ3) is 2.26. The quantitative estimate of drug-likeness (QED) is 0.668. The molecule has 3 rings (SSSR count). The van der Waals surface area contributed by atoms with Crippen molar-refractivity contribution >= 4 is 17.8 Å². The second-order valence-electron chi connectivity index (χ2n) is 4.67. The van der Waals surface area contributed by atoms with Crippen LogP contribution in [0.4, 0.5) is 0 Å². The van der Waals surface area contributed by atoms with Crippen molar-refractivity contribution in [3.05, 3.63) is 77.5 Å². The third-order valence-corrected chi connectivity index (χ3v) is 3.29. The van der Waals surface area contributed by atoms with E-state index in [1.807, 2.05) is 48.5 Å². The van der Waals surface area contributed by atoms with Crippen molar-refractivity contribution in [3.8, 4) is 0 Å². The summed E-state index contributed by atoms with van der Waals surface area (Å²) in [5.41, 5.74) is 1.98. The van der Waals surface area contributed by atoms with Gasteiger partial charge in [-0.15, -0.1) is 0 Å². The van der Waals surface area contributed by atoms with E-state index in [0.29, 0.717) is 5.70 Å². The molecule has 0 spiro atoms. The van der Waals surface area contributed by atoms with Crippen molar-refractivity contribution < 1.29 is 9.59 Å². The monoisotopic (exact) mass is 263 g/mol. The molecule has 1 N–H and O–H groups in total. The Hall–Kier alpha value is -2.68. The van der Waals surface area contributed by atoms with Crippen LogP contribution < -0.4 is 5.32 Å². The summed E-state index contributed by atoms with van der Waals surface area (Å²) in [5.74, 6) is -1.17. The van der Waals surface area contributed by atoms with Gasteiger partial charge in [-0.05, 0) is 17.2 Å². The zero-order chi connectivity index (χ0) is 13.9. The van der Waals surface area contributed by atoms with E-state index in [1.54, 1.807) is 18.2 Å². The van der Waals surface area contributed by atoms with Crippen LogP contribution in [0.2, 0.25) is 0 Å². The van der Waals surface area contributed by atoms with Gasteiger partial charge >= 0.3 is 0 Å². The van der Waals surface area contributed by atoms with Crippen LogP contribution in [0.1, 0.15) is 17.0 Å². The van der Waals surface area contributed by atoms with Gasteiger partial charge in [-0.3, -0.25) is 9.59 Å². The van der Waals surface area contributed by atoms with E-state index in [0.717, 1.165) is 11.1 Å². The molecule has 1 saturated heterocycles. The van der Waals surface area contributed by atoms with E-state index in [4.69, 9.17) is 0 Å². The normalized spacial score (nSPS) is 20.2. The largest absolute Gasteiger partial charge is 0.322 e. The first-order valence-corrected chi connectivity index (χ1v) is 6.42. The highest BCUT2D eigenvalue weighted by molar-refractivity contribution is 6.22. The van der Waals surface area contributed by atoms with Crippen LogP contribution in [0.15, 0.2) is 66.4 Å². The summed E-state index contributed by atoms with van der Waals surface area (Å²) in [7, 11) is 0. The number of carbonyl (C=O) groups is 2. The van der Waals surface area contributed by atoms with Crippen molar-refractivity contribution in [1.29, 1.82) is 0 Å². The van der Waals surface area contributed by atoms with Crippen LogP contribution in [0.25, 0.3) is 6.08 Å². The lowest BCUT2D eigenvalue weighted by Crippen LogP contribution is -2.17. The molecule has 3 heteroatoms. The summed E-state index contributed by atoms with van der Waals surface area (Å²) in [6.07, 6.45) is 1.71. The second kappa shape index (κ2) is 5.13. The number of allylic oxidation sites excluding steroid dienone is 1. The van der Waals surface area contributed by atoms with Gasteiger partial charge in [-0.2, -0.15) is 0 Å². The first-order valence-electron chi connectivity index (χ1n) is 6.42. The van der Waals surface area contributed by atoms with Gasteiger partial charge in [0.05, 0.1) is 5.70 Å². The van der Waals surface area contributed by atoms with Gasteiger partial charge in [0.25, 0.3) is 0 Å². The first-order chi connectivity index (χ1) is 9.75. The molecule has 2 aromatic carbocycles. The van der Waals surface area contributed by atoms with Crippen LogP contribution in [-0.2, 0) is 9.59 Å². The number of hydrogen-bond donors (Lipinski definition) is 1. The number of carbonyl (C=O) groups excluding carboxylic acids is 2. The Labute approximate surface area is 116 Å². The molecule has 98 valence electrons. The van der Waals surface area contributed by atoms with Gasteiger partial charge in [0.2, 0.25) is 5.91 Å². The fraction of sp³-hybridized carbons (Fsp3) is 0.0588. The Morgan fingerprint density at radius 2 is 1.45 bits per heavy atom. The fourth-order valence-electron chi connectivity index (χ4n) is 2.31. The van der Waals surface area contributed by atoms with E-state index in [1.165, 1.54) is 0 Å². The lowest BCUT2D eigenvalue weighted by molar-refractivity contribution is -0.124. The Morgan fingerprint density at radius 1 is 0.850 bits per heavy atom. The van der Waals surface area contributed by atoms with E-state index < -0.39 is 5.92 Å². The highest BCUT2D eigenvalue weighted by Crippen LogP contribution is 2.26. The molecule has 2 aromatic rings. The molecule has 1 fully saturated rings. The predicted octanol–water partition coefficient (Wildman–Crippen LogP) is 2.51. The van der Waals surface area contributed by atoms with Crippen LogP contribution in [-0.4, -0.2) is 11.7 Å². The van der Waals surface area contributed by atoms with Gasteiger partial charge in [-0.25, -0.2) is 0 Å². The summed E-state index contributed by atoms with van der Waals surface area (Å²) >= 11 is 0. The SMILES string of the molecule is O=C1NC(=Cc2ccccc2)C(=O)C1c1ccccc1. The zero-order valence-corrected chi connectivity index (χ0v) is 10.7. The Balaban J connectivity index is 1.93. The molecule has 1 aliphatic rings. The zero-order valence-electron chi connectivity index (χ0n) is 10.7. The summed E-state index contributed by atoms with van der Waals surface area (Å²) in [6, 6.07) is 18.6. The summed E-state index contributed by atoms with van der Waals surface area (Å²) < 4.78 is 0. The molecule has 20 heavy (non-hydrogen) atoms. The van der Waals surface area contributed by atoms with E-state index in [-0.39, 0.29) is 11.7 Å². The number of rotatable bonds is 2. The maximum absolute atomic E-state index is 12.4. The molecule has 0 aliphatic carbocycles. The Bertz CT molecular complexity index is 675. The third-order valence-electron chi connectivity index (χ3n) is 3.29. The lowest BCUT2D eigenvalue weighted by atomic mass is 9.95. The average molecular weight is 263 g/mol. The molecule has 1 amide bonds. The average Bonchev–Trinajstić information content (AvgIpc) is 2.75. The highest BCUT2D eigenvalue weighted by Gasteiger charge is 2.37. The summed E-state index contributed by atoms with van der Waals surface area (Å²) in [6.45, 7) is 0. The number of nitrogens with one attached hydrogen (secondary N) is 1. The predicted molar refractivity (Wildman–Crippen MR) is 76.8 cm³/mol. The molecular weight excluding hydrogens is 250 g/mol. The van der Waals surface area contributed by atoms with Crippen LogP contribution in [0, 0.1) is 0 Å². The minimum atomic E-state index is -0.730. The van der Waals surface area contributed by atoms with Crippen LogP contribution in [0.5, 0.6) is 0 Å². The van der Waals surface area contributed by atoms with Gasteiger partial charge in [0.1, 0.15) is 5.92 Å². The van der Waals surface area contributed by atoms with E-state index >= 15 is 0 Å². The van der Waals surface area contributed by atoms with Gasteiger partial charge in [0.15, 0.2) is 5.78 Å². The van der Waals surface area contributed by atoms with E-state index in [2.05, 4.69) is 5.32 Å². The summed E-state index contributed by atoms with van der Waals surface area (Å²) in [5, 5.41) is 2.67. The van der Waals surface area contributed by atoms with Crippen molar-refractivity contribution in [2.45, 2.75) is 5.92 Å². The fourth-order valence-corrected chi connectivity index (χ4v) is 2.31. The molecule has 3 nitrogen and oxygen atoms in total. The van der Waals surface area contributed by atoms with Crippen LogP contribution >= 0.6 is 0 Å². The molecule has 1 unspecified atom stereocenters. The number of Topliss-reactive ketones (excluding diaryl/α,β-unsaturated/α-hetero) is 1. The Morgan fingerprint density at radius 3 is 2.10 bits per heavy atom. The minimum absolute atomic E-state index is 0.176. The molecule has 1 atom stereocenters. The first kappa shape index (κ1) is 12.4. The van der Waals surface area contributed by atoms with Crippen molar-refractivity contribution in [2.75, 3.05) is 0 Å². The van der Waals surface area contributed by atoms with Gasteiger partial charge < -0.3 is 5.32 Å². The Kier molecular flexibility index (Phi) is 3.17. The standard InChI is InChI=1S/C17H13NO2/c19-16-14(11-12-7-3-1-4-8-12)18-17(20)15(16)13-9-5-2-6-10-13/h1-11,15H,(H,18,20). The lowest BCUT2D eigenvalue weighted by Gasteiger charge is -2.04. The van der Waals surface area contributed by atoms with E-state index in [9.17, 15) is 9.59 Å². The van der Waals surface area contributed by atoms with Crippen molar-refractivity contribution in [3.63, 3.8) is 0 Å². The molecule has 1 heterocycles. The molecule has 0 saturated carbocycles. The molecule has 0 bridgehead atoms. The molecular formula is C17H13NO2. The highest BCUT2D eigenvalue weighted by atomic mass is 16.2. The van der Waals surface area contributed by atoms with Crippen LogP contribution in [0.3, 0.4) is 0 Å². The number of ketones is 1. The van der Waals surface area contributed by atoms with Gasteiger partial charge in [0, 0.05) is 0 Å².